The number of halogens is 3. The van der Waals surface area contributed by atoms with E-state index in [4.69, 9.17) is 12.2 Å². The smallest absolute Gasteiger partial charge is 0.336 e. The standard InChI is InChI=1S/C16H10F3NS2/c17-16(18,19)12-8-6-11(7-9-12)14-13(20-15(21)22-14)10-4-2-1-3-5-10/h1-9H,(H,20,21). The Balaban J connectivity index is 2.08. The first-order chi connectivity index (χ1) is 10.4. The molecule has 112 valence electrons. The maximum atomic E-state index is 12.7. The van der Waals surface area contributed by atoms with Gasteiger partial charge in [-0.05, 0) is 35.5 Å². The molecule has 3 aromatic rings. The average molecular weight is 337 g/mol. The predicted octanol–water partition coefficient (Wildman–Crippen LogP) is 6.16. The number of H-pyrrole nitrogens is 1. The van der Waals surface area contributed by atoms with E-state index in [2.05, 4.69) is 4.98 Å². The summed E-state index contributed by atoms with van der Waals surface area (Å²) in [6.45, 7) is 0. The van der Waals surface area contributed by atoms with Gasteiger partial charge in [0.15, 0.2) is 3.95 Å². The van der Waals surface area contributed by atoms with Gasteiger partial charge < -0.3 is 4.98 Å². The highest BCUT2D eigenvalue weighted by molar-refractivity contribution is 7.73. The van der Waals surface area contributed by atoms with Gasteiger partial charge in [0.2, 0.25) is 0 Å². The van der Waals surface area contributed by atoms with Crippen LogP contribution in [0.4, 0.5) is 13.2 Å². The number of alkyl halides is 3. The minimum Gasteiger partial charge on any atom is -0.336 e. The highest BCUT2D eigenvalue weighted by Gasteiger charge is 2.30. The largest absolute Gasteiger partial charge is 0.416 e. The molecule has 2 aromatic carbocycles. The monoisotopic (exact) mass is 337 g/mol. The number of thiazole rings is 1. The Kier molecular flexibility index (Phi) is 3.88. The molecule has 0 bridgehead atoms. The Labute approximate surface area is 134 Å². The van der Waals surface area contributed by atoms with E-state index in [9.17, 15) is 13.2 Å². The van der Waals surface area contributed by atoms with Gasteiger partial charge >= 0.3 is 6.18 Å². The number of hydrogen-bond acceptors (Lipinski definition) is 2. The van der Waals surface area contributed by atoms with Crippen LogP contribution in [0.3, 0.4) is 0 Å². The maximum Gasteiger partial charge on any atom is 0.416 e. The number of nitrogens with one attached hydrogen (secondary N) is 1. The summed E-state index contributed by atoms with van der Waals surface area (Å²) in [5.74, 6) is 0. The molecule has 0 amide bonds. The zero-order valence-electron chi connectivity index (χ0n) is 11.1. The van der Waals surface area contributed by atoms with Crippen LogP contribution in [0.25, 0.3) is 21.7 Å². The van der Waals surface area contributed by atoms with E-state index in [0.717, 1.165) is 28.3 Å². The zero-order valence-corrected chi connectivity index (χ0v) is 12.8. The fraction of sp³-hybridized carbons (Fsp3) is 0.0625. The van der Waals surface area contributed by atoms with Crippen molar-refractivity contribution in [2.45, 2.75) is 6.18 Å². The second-order valence-electron chi connectivity index (χ2n) is 4.66. The molecule has 0 aliphatic rings. The fourth-order valence-electron chi connectivity index (χ4n) is 2.15. The summed E-state index contributed by atoms with van der Waals surface area (Å²) >= 11 is 6.54. The number of hydrogen-bond donors (Lipinski definition) is 1. The van der Waals surface area contributed by atoms with Crippen LogP contribution >= 0.6 is 23.6 Å². The molecule has 1 N–H and O–H groups in total. The second kappa shape index (κ2) is 5.70. The Morgan fingerprint density at radius 3 is 2.09 bits per heavy atom. The summed E-state index contributed by atoms with van der Waals surface area (Å²) in [5.41, 5.74) is 1.83. The third-order valence-electron chi connectivity index (χ3n) is 3.19. The van der Waals surface area contributed by atoms with E-state index in [0.29, 0.717) is 9.52 Å². The van der Waals surface area contributed by atoms with Crippen molar-refractivity contribution in [3.8, 4) is 21.7 Å². The van der Waals surface area contributed by atoms with Crippen LogP contribution in [-0.4, -0.2) is 4.98 Å². The minimum atomic E-state index is -4.33. The van der Waals surface area contributed by atoms with Gasteiger partial charge in [-0.3, -0.25) is 0 Å². The van der Waals surface area contributed by atoms with Crippen molar-refractivity contribution in [1.29, 1.82) is 0 Å². The minimum absolute atomic E-state index is 0.591. The van der Waals surface area contributed by atoms with Crippen molar-refractivity contribution in [3.63, 3.8) is 0 Å². The van der Waals surface area contributed by atoms with Crippen molar-refractivity contribution in [1.82, 2.24) is 4.98 Å². The molecule has 0 spiro atoms. The topological polar surface area (TPSA) is 15.8 Å². The predicted molar refractivity (Wildman–Crippen MR) is 85.4 cm³/mol. The van der Waals surface area contributed by atoms with E-state index < -0.39 is 11.7 Å². The first kappa shape index (κ1) is 15.0. The van der Waals surface area contributed by atoms with E-state index in [-0.39, 0.29) is 0 Å². The zero-order chi connectivity index (χ0) is 15.7. The molecule has 3 rings (SSSR count). The van der Waals surface area contributed by atoms with Gasteiger partial charge in [0.1, 0.15) is 0 Å². The van der Waals surface area contributed by atoms with E-state index in [1.807, 2.05) is 30.3 Å². The van der Waals surface area contributed by atoms with Gasteiger partial charge in [0, 0.05) is 0 Å². The molecular formula is C16H10F3NS2. The highest BCUT2D eigenvalue weighted by Crippen LogP contribution is 2.37. The first-order valence-corrected chi connectivity index (χ1v) is 7.64. The molecule has 22 heavy (non-hydrogen) atoms. The lowest BCUT2D eigenvalue weighted by atomic mass is 10.1. The molecule has 0 saturated carbocycles. The van der Waals surface area contributed by atoms with Crippen molar-refractivity contribution in [2.75, 3.05) is 0 Å². The summed E-state index contributed by atoms with van der Waals surface area (Å²) in [6.07, 6.45) is -4.33. The molecule has 0 aliphatic heterocycles. The molecule has 6 heteroatoms. The third-order valence-corrected chi connectivity index (χ3v) is 4.47. The van der Waals surface area contributed by atoms with Crippen LogP contribution in [-0.2, 0) is 6.18 Å². The molecule has 0 saturated heterocycles. The molecule has 0 radical (unpaired) electrons. The molecule has 0 unspecified atom stereocenters. The Bertz CT molecular complexity index is 830. The van der Waals surface area contributed by atoms with Crippen LogP contribution in [0.2, 0.25) is 0 Å². The number of aromatic amines is 1. The van der Waals surface area contributed by atoms with Crippen molar-refractivity contribution in [2.24, 2.45) is 0 Å². The molecule has 0 atom stereocenters. The van der Waals surface area contributed by atoms with Crippen molar-refractivity contribution >= 4 is 23.6 Å². The van der Waals surface area contributed by atoms with E-state index >= 15 is 0 Å². The van der Waals surface area contributed by atoms with Gasteiger partial charge in [0.25, 0.3) is 0 Å². The second-order valence-corrected chi connectivity index (χ2v) is 6.35. The summed E-state index contributed by atoms with van der Waals surface area (Å²) in [7, 11) is 0. The highest BCUT2D eigenvalue weighted by atomic mass is 32.1. The molecule has 1 aromatic heterocycles. The van der Waals surface area contributed by atoms with Crippen molar-refractivity contribution in [3.05, 3.63) is 64.1 Å². The number of rotatable bonds is 2. The molecule has 1 nitrogen and oxygen atoms in total. The fourth-order valence-corrected chi connectivity index (χ4v) is 3.37. The van der Waals surface area contributed by atoms with E-state index in [1.54, 1.807) is 0 Å². The molecule has 0 aliphatic carbocycles. The van der Waals surface area contributed by atoms with Crippen molar-refractivity contribution < 1.29 is 13.2 Å². The lowest BCUT2D eigenvalue weighted by Gasteiger charge is -2.08. The van der Waals surface area contributed by atoms with Gasteiger partial charge in [-0.1, -0.05) is 42.5 Å². The summed E-state index contributed by atoms with van der Waals surface area (Å²) < 4.78 is 38.5. The Morgan fingerprint density at radius 1 is 0.864 bits per heavy atom. The Hall–Kier alpha value is -1.92. The average Bonchev–Trinajstić information content (AvgIpc) is 2.89. The van der Waals surface area contributed by atoms with E-state index in [1.165, 1.54) is 23.5 Å². The third kappa shape index (κ3) is 2.98. The first-order valence-electron chi connectivity index (χ1n) is 6.41. The molecule has 1 heterocycles. The normalized spacial score (nSPS) is 11.6. The van der Waals surface area contributed by atoms with Crippen LogP contribution < -0.4 is 0 Å². The SMILES string of the molecule is FC(F)(F)c1ccc(-c2sc(=S)[nH]c2-c2ccccc2)cc1. The van der Waals surface area contributed by atoms with Crippen LogP contribution in [0.1, 0.15) is 5.56 Å². The summed E-state index contributed by atoms with van der Waals surface area (Å²) in [4.78, 5) is 3.95. The van der Waals surface area contributed by atoms with Crippen LogP contribution in [0.5, 0.6) is 0 Å². The maximum absolute atomic E-state index is 12.7. The van der Waals surface area contributed by atoms with Crippen LogP contribution in [0, 0.1) is 3.95 Å². The van der Waals surface area contributed by atoms with Crippen LogP contribution in [0.15, 0.2) is 54.6 Å². The van der Waals surface area contributed by atoms with Gasteiger partial charge in [-0.25, -0.2) is 0 Å². The lowest BCUT2D eigenvalue weighted by Crippen LogP contribution is -2.03. The van der Waals surface area contributed by atoms with Gasteiger partial charge in [0.05, 0.1) is 16.1 Å². The van der Waals surface area contributed by atoms with Gasteiger partial charge in [-0.15, -0.1) is 11.3 Å². The Morgan fingerprint density at radius 2 is 1.50 bits per heavy atom. The number of benzene rings is 2. The quantitative estimate of drug-likeness (QED) is 0.554. The summed E-state index contributed by atoms with van der Waals surface area (Å²) in [5, 5.41) is 0. The lowest BCUT2D eigenvalue weighted by molar-refractivity contribution is -0.137. The molecule has 0 fully saturated rings. The number of aromatic nitrogens is 1. The molecular weight excluding hydrogens is 327 g/mol. The van der Waals surface area contributed by atoms with Gasteiger partial charge in [-0.2, -0.15) is 13.2 Å². The summed E-state index contributed by atoms with van der Waals surface area (Å²) in [6, 6.07) is 14.7.